The average molecular weight is 395 g/mol. The highest BCUT2D eigenvalue weighted by Gasteiger charge is 2.26. The predicted octanol–water partition coefficient (Wildman–Crippen LogP) is 3.79. The van der Waals surface area contributed by atoms with Crippen LogP contribution in [0.3, 0.4) is 0 Å². The minimum Gasteiger partial charge on any atom is -0.470 e. The van der Waals surface area contributed by atoms with E-state index in [-0.39, 0.29) is 18.0 Å². The van der Waals surface area contributed by atoms with Crippen LogP contribution in [-0.2, 0) is 0 Å². The van der Waals surface area contributed by atoms with Crippen molar-refractivity contribution >= 4 is 11.7 Å². The van der Waals surface area contributed by atoms with E-state index in [9.17, 15) is 9.18 Å². The van der Waals surface area contributed by atoms with Crippen LogP contribution < -0.4 is 10.1 Å². The maximum absolute atomic E-state index is 13.8. The van der Waals surface area contributed by atoms with Gasteiger partial charge in [-0.1, -0.05) is 18.2 Å². The topological polar surface area (TPSA) is 72.3 Å². The summed E-state index contributed by atoms with van der Waals surface area (Å²) in [5.74, 6) is -0.530. The van der Waals surface area contributed by atoms with Crippen LogP contribution in [0.1, 0.15) is 18.5 Å². The lowest BCUT2D eigenvalue weighted by atomic mass is 10.1. The van der Waals surface area contributed by atoms with Gasteiger partial charge in [0.1, 0.15) is 6.10 Å². The zero-order valence-electron chi connectivity index (χ0n) is 16.1. The highest BCUT2D eigenvalue weighted by Crippen LogP contribution is 2.22. The van der Waals surface area contributed by atoms with Crippen molar-refractivity contribution < 1.29 is 13.9 Å². The summed E-state index contributed by atoms with van der Waals surface area (Å²) in [4.78, 5) is 18.4. The summed E-state index contributed by atoms with van der Waals surface area (Å²) in [5, 5.41) is 7.30. The summed E-state index contributed by atoms with van der Waals surface area (Å²) in [7, 11) is 0. The van der Waals surface area contributed by atoms with Crippen molar-refractivity contribution in [2.24, 2.45) is 0 Å². The van der Waals surface area contributed by atoms with E-state index in [1.165, 1.54) is 18.3 Å². The molecular formula is C21H22FN5O2. The van der Waals surface area contributed by atoms with E-state index < -0.39 is 5.82 Å². The molecule has 1 saturated heterocycles. The molecule has 0 radical (unpaired) electrons. The van der Waals surface area contributed by atoms with Gasteiger partial charge in [-0.2, -0.15) is 5.10 Å². The number of carbonyl (C=O) groups excluding carboxylic acids is 1. The van der Waals surface area contributed by atoms with Gasteiger partial charge in [-0.15, -0.1) is 0 Å². The number of hydrogen-bond acceptors (Lipinski definition) is 4. The zero-order valence-corrected chi connectivity index (χ0v) is 16.1. The van der Waals surface area contributed by atoms with E-state index in [0.717, 1.165) is 24.2 Å². The molecule has 7 nitrogen and oxygen atoms in total. The van der Waals surface area contributed by atoms with Crippen LogP contribution in [0.5, 0.6) is 5.88 Å². The fourth-order valence-corrected chi connectivity index (χ4v) is 3.39. The first-order chi connectivity index (χ1) is 14.1. The Morgan fingerprint density at radius 1 is 1.24 bits per heavy atom. The normalized spacial score (nSPS) is 16.5. The van der Waals surface area contributed by atoms with Gasteiger partial charge in [-0.3, -0.25) is 0 Å². The van der Waals surface area contributed by atoms with Gasteiger partial charge < -0.3 is 15.0 Å². The maximum atomic E-state index is 13.8. The number of aromatic nitrogens is 3. The Balaban J connectivity index is 1.41. The van der Waals surface area contributed by atoms with Gasteiger partial charge >= 0.3 is 6.03 Å². The van der Waals surface area contributed by atoms with E-state index in [1.807, 2.05) is 37.3 Å². The Labute approximate surface area is 168 Å². The van der Waals surface area contributed by atoms with E-state index >= 15 is 0 Å². The Hall–Kier alpha value is -3.42. The molecule has 3 aromatic rings. The van der Waals surface area contributed by atoms with E-state index in [4.69, 9.17) is 4.74 Å². The summed E-state index contributed by atoms with van der Waals surface area (Å²) in [6.45, 7) is 2.89. The predicted molar refractivity (Wildman–Crippen MR) is 107 cm³/mol. The molecule has 1 aliphatic rings. The third kappa shape index (κ3) is 4.21. The first-order valence-electron chi connectivity index (χ1n) is 9.55. The molecule has 0 bridgehead atoms. The number of rotatable bonds is 4. The number of likely N-dealkylation sites (tertiary alicyclic amines) is 1. The van der Waals surface area contributed by atoms with Crippen molar-refractivity contribution in [3.8, 4) is 11.6 Å². The molecule has 150 valence electrons. The fourth-order valence-electron chi connectivity index (χ4n) is 3.39. The van der Waals surface area contributed by atoms with Crippen molar-refractivity contribution in [2.45, 2.75) is 25.9 Å². The minimum atomic E-state index is -0.502. The van der Waals surface area contributed by atoms with Crippen LogP contribution in [0.2, 0.25) is 0 Å². The lowest BCUT2D eigenvalue weighted by molar-refractivity contribution is 0.0987. The first-order valence-corrected chi connectivity index (χ1v) is 9.55. The molecule has 1 aromatic carbocycles. The molecule has 0 saturated carbocycles. The summed E-state index contributed by atoms with van der Waals surface area (Å²) in [6, 6.07) is 12.3. The highest BCUT2D eigenvalue weighted by molar-refractivity contribution is 5.90. The third-order valence-corrected chi connectivity index (χ3v) is 4.92. The van der Waals surface area contributed by atoms with Crippen LogP contribution >= 0.6 is 0 Å². The number of nitrogens with zero attached hydrogens (tertiary/aromatic N) is 4. The molecule has 8 heteroatoms. The van der Waals surface area contributed by atoms with Crippen LogP contribution in [0.4, 0.5) is 14.9 Å². The number of nitrogens with one attached hydrogen (secondary N) is 1. The SMILES string of the molecule is Cc1c(NC(=O)N2CCCC(Oc3ncccc3F)C2)cnn1-c1ccccc1. The molecule has 2 aromatic heterocycles. The van der Waals surface area contributed by atoms with Gasteiger partial charge in [0.05, 0.1) is 29.8 Å². The minimum absolute atomic E-state index is 0.0280. The second-order valence-electron chi connectivity index (χ2n) is 6.94. The van der Waals surface area contributed by atoms with Crippen molar-refractivity contribution in [3.05, 3.63) is 66.4 Å². The number of urea groups is 1. The Morgan fingerprint density at radius 3 is 2.86 bits per heavy atom. The number of para-hydroxylation sites is 1. The lowest BCUT2D eigenvalue weighted by Crippen LogP contribution is -2.46. The Kier molecular flexibility index (Phi) is 5.41. The molecule has 2 amide bonds. The molecule has 1 unspecified atom stereocenters. The number of pyridine rings is 1. The van der Waals surface area contributed by atoms with E-state index in [2.05, 4.69) is 15.4 Å². The summed E-state index contributed by atoms with van der Waals surface area (Å²) >= 11 is 0. The fraction of sp³-hybridized carbons (Fsp3) is 0.286. The molecule has 1 aliphatic heterocycles. The Bertz CT molecular complexity index is 992. The van der Waals surface area contributed by atoms with Crippen molar-refractivity contribution in [1.29, 1.82) is 0 Å². The molecule has 29 heavy (non-hydrogen) atoms. The van der Waals surface area contributed by atoms with Gasteiger partial charge in [0.25, 0.3) is 5.88 Å². The monoisotopic (exact) mass is 395 g/mol. The molecule has 1 N–H and O–H groups in total. The Morgan fingerprint density at radius 2 is 2.07 bits per heavy atom. The quantitative estimate of drug-likeness (QED) is 0.730. The molecule has 1 fully saturated rings. The van der Waals surface area contributed by atoms with Crippen LogP contribution in [-0.4, -0.2) is 44.9 Å². The van der Waals surface area contributed by atoms with Gasteiger partial charge in [0.2, 0.25) is 0 Å². The number of benzene rings is 1. The second kappa shape index (κ2) is 8.30. The summed E-state index contributed by atoms with van der Waals surface area (Å²) in [6.07, 6.45) is 4.34. The van der Waals surface area contributed by atoms with E-state index in [0.29, 0.717) is 18.8 Å². The van der Waals surface area contributed by atoms with Gasteiger partial charge in [-0.05, 0) is 44.0 Å². The number of carbonyl (C=O) groups is 1. The molecule has 0 aliphatic carbocycles. The number of hydrogen-bond donors (Lipinski definition) is 1. The highest BCUT2D eigenvalue weighted by atomic mass is 19.1. The van der Waals surface area contributed by atoms with E-state index in [1.54, 1.807) is 15.8 Å². The van der Waals surface area contributed by atoms with Crippen LogP contribution in [0.15, 0.2) is 54.9 Å². The van der Waals surface area contributed by atoms with Crippen LogP contribution in [0, 0.1) is 12.7 Å². The lowest BCUT2D eigenvalue weighted by Gasteiger charge is -2.32. The van der Waals surface area contributed by atoms with Crippen LogP contribution in [0.25, 0.3) is 5.69 Å². The standard InChI is InChI=1S/C21H22FN5O2/c1-15-19(13-24-27(15)16-7-3-2-4-8-16)25-21(28)26-12-6-9-17(14-26)29-20-18(22)10-5-11-23-20/h2-5,7-8,10-11,13,17H,6,9,12,14H2,1H3,(H,25,28). The number of anilines is 1. The molecular weight excluding hydrogens is 373 g/mol. The molecule has 3 heterocycles. The molecule has 0 spiro atoms. The van der Waals surface area contributed by atoms with Gasteiger partial charge in [0.15, 0.2) is 5.82 Å². The first kappa shape index (κ1) is 18.9. The van der Waals surface area contributed by atoms with Crippen molar-refractivity contribution in [3.63, 3.8) is 0 Å². The van der Waals surface area contributed by atoms with Crippen molar-refractivity contribution in [2.75, 3.05) is 18.4 Å². The van der Waals surface area contributed by atoms with Crippen molar-refractivity contribution in [1.82, 2.24) is 19.7 Å². The summed E-state index contributed by atoms with van der Waals surface area (Å²) < 4.78 is 21.2. The average Bonchev–Trinajstić information content (AvgIpc) is 3.11. The summed E-state index contributed by atoms with van der Waals surface area (Å²) in [5.41, 5.74) is 2.41. The molecule has 4 rings (SSSR count). The van der Waals surface area contributed by atoms with Gasteiger partial charge in [0, 0.05) is 12.7 Å². The maximum Gasteiger partial charge on any atom is 0.322 e. The third-order valence-electron chi connectivity index (χ3n) is 4.92. The number of ether oxygens (including phenoxy) is 1. The smallest absolute Gasteiger partial charge is 0.322 e. The molecule has 1 atom stereocenters. The van der Waals surface area contributed by atoms with Gasteiger partial charge in [-0.25, -0.2) is 18.9 Å². The zero-order chi connectivity index (χ0) is 20.2. The second-order valence-corrected chi connectivity index (χ2v) is 6.94. The number of halogens is 1. The number of piperidine rings is 1. The number of amides is 2. The largest absolute Gasteiger partial charge is 0.470 e.